The van der Waals surface area contributed by atoms with Crippen molar-refractivity contribution in [3.8, 4) is 17.2 Å². The van der Waals surface area contributed by atoms with E-state index in [1.54, 1.807) is 50.4 Å². The van der Waals surface area contributed by atoms with Crippen LogP contribution in [0.4, 0.5) is 5.69 Å². The van der Waals surface area contributed by atoms with E-state index < -0.39 is 0 Å². The molecule has 0 atom stereocenters. The van der Waals surface area contributed by atoms with Crippen LogP contribution in [0.15, 0.2) is 42.5 Å². The lowest BCUT2D eigenvalue weighted by Gasteiger charge is -2.19. The van der Waals surface area contributed by atoms with E-state index in [0.29, 0.717) is 23.7 Å². The molecule has 0 N–H and O–H groups in total. The molecule has 140 valence electrons. The van der Waals surface area contributed by atoms with Crippen molar-refractivity contribution in [2.24, 2.45) is 0 Å². The number of carbonyl (C=O) groups is 1. The molecule has 0 unspecified atom stereocenters. The Bertz CT molecular complexity index is 712. The third-order valence-electron chi connectivity index (χ3n) is 4.18. The van der Waals surface area contributed by atoms with Gasteiger partial charge in [-0.2, -0.15) is 0 Å². The first-order valence-corrected chi connectivity index (χ1v) is 8.83. The molecule has 5 heteroatoms. The van der Waals surface area contributed by atoms with Crippen LogP contribution < -0.4 is 19.1 Å². The summed E-state index contributed by atoms with van der Waals surface area (Å²) < 4.78 is 16.2. The zero-order chi connectivity index (χ0) is 18.9. The van der Waals surface area contributed by atoms with E-state index in [-0.39, 0.29) is 5.91 Å². The summed E-state index contributed by atoms with van der Waals surface area (Å²) in [6.07, 6.45) is 3.37. The second-order valence-electron chi connectivity index (χ2n) is 5.98. The van der Waals surface area contributed by atoms with E-state index in [4.69, 9.17) is 14.2 Å². The number of rotatable bonds is 9. The quantitative estimate of drug-likeness (QED) is 0.618. The van der Waals surface area contributed by atoms with Crippen molar-refractivity contribution < 1.29 is 19.0 Å². The fraction of sp³-hybridized carbons (Fsp3) is 0.381. The summed E-state index contributed by atoms with van der Waals surface area (Å²) in [5.74, 6) is 1.89. The predicted octanol–water partition coefficient (Wildman–Crippen LogP) is 4.55. The van der Waals surface area contributed by atoms with Gasteiger partial charge >= 0.3 is 0 Å². The molecule has 0 aromatic heterocycles. The van der Waals surface area contributed by atoms with Gasteiger partial charge in [-0.05, 0) is 42.8 Å². The molecule has 0 saturated carbocycles. The Hall–Kier alpha value is -2.69. The summed E-state index contributed by atoms with van der Waals surface area (Å²) in [6, 6.07) is 12.6. The molecule has 2 aromatic rings. The zero-order valence-electron chi connectivity index (χ0n) is 16.0. The van der Waals surface area contributed by atoms with Gasteiger partial charge in [0.1, 0.15) is 5.75 Å². The first kappa shape index (κ1) is 19.6. The van der Waals surface area contributed by atoms with Gasteiger partial charge in [-0.1, -0.05) is 19.8 Å². The average molecular weight is 357 g/mol. The number of hydrogen-bond donors (Lipinski definition) is 0. The maximum absolute atomic E-state index is 12.7. The lowest BCUT2D eigenvalue weighted by atomic mass is 10.1. The molecule has 2 aromatic carbocycles. The topological polar surface area (TPSA) is 48.0 Å². The van der Waals surface area contributed by atoms with Crippen LogP contribution in [0.25, 0.3) is 0 Å². The van der Waals surface area contributed by atoms with Gasteiger partial charge in [0, 0.05) is 24.4 Å². The molecule has 5 nitrogen and oxygen atoms in total. The Morgan fingerprint density at radius 3 is 2.27 bits per heavy atom. The first-order chi connectivity index (χ1) is 12.6. The lowest BCUT2D eigenvalue weighted by Crippen LogP contribution is -2.26. The van der Waals surface area contributed by atoms with Crippen LogP contribution in [0.5, 0.6) is 17.2 Å². The van der Waals surface area contributed by atoms with Crippen LogP contribution in [-0.2, 0) is 0 Å². The summed E-state index contributed by atoms with van der Waals surface area (Å²) in [5, 5.41) is 0. The van der Waals surface area contributed by atoms with Crippen LogP contribution in [0, 0.1) is 0 Å². The van der Waals surface area contributed by atoms with Crippen molar-refractivity contribution in [3.63, 3.8) is 0 Å². The largest absolute Gasteiger partial charge is 0.494 e. The fourth-order valence-electron chi connectivity index (χ4n) is 2.58. The van der Waals surface area contributed by atoms with Crippen LogP contribution in [-0.4, -0.2) is 33.8 Å². The first-order valence-electron chi connectivity index (χ1n) is 8.83. The standard InChI is InChI=1S/C21H27NO4/c1-5-6-7-14-26-18-11-8-16(9-12-18)21(23)22(2)17-10-13-19(24-3)20(15-17)25-4/h8-13,15H,5-7,14H2,1-4H3. The summed E-state index contributed by atoms with van der Waals surface area (Å²) in [5.41, 5.74) is 1.33. The second kappa shape index (κ2) is 9.70. The van der Waals surface area contributed by atoms with E-state index in [9.17, 15) is 4.79 Å². The molecular weight excluding hydrogens is 330 g/mol. The molecule has 1 amide bonds. The highest BCUT2D eigenvalue weighted by Gasteiger charge is 2.15. The minimum Gasteiger partial charge on any atom is -0.494 e. The van der Waals surface area contributed by atoms with Crippen molar-refractivity contribution in [1.82, 2.24) is 0 Å². The van der Waals surface area contributed by atoms with Crippen molar-refractivity contribution in [3.05, 3.63) is 48.0 Å². The third-order valence-corrected chi connectivity index (χ3v) is 4.18. The molecule has 0 aliphatic heterocycles. The molecule has 0 bridgehead atoms. The number of ether oxygens (including phenoxy) is 3. The maximum Gasteiger partial charge on any atom is 0.258 e. The van der Waals surface area contributed by atoms with Crippen LogP contribution in [0.2, 0.25) is 0 Å². The molecule has 0 saturated heterocycles. The fourth-order valence-corrected chi connectivity index (χ4v) is 2.58. The molecule has 0 heterocycles. The Labute approximate surface area is 155 Å². The van der Waals surface area contributed by atoms with E-state index >= 15 is 0 Å². The monoisotopic (exact) mass is 357 g/mol. The third kappa shape index (κ3) is 4.91. The molecule has 0 fully saturated rings. The van der Waals surface area contributed by atoms with Crippen LogP contribution in [0.3, 0.4) is 0 Å². The smallest absolute Gasteiger partial charge is 0.258 e. The number of methoxy groups -OCH3 is 2. The number of anilines is 1. The van der Waals surface area contributed by atoms with Gasteiger partial charge in [0.05, 0.1) is 20.8 Å². The number of carbonyl (C=O) groups excluding carboxylic acids is 1. The van der Waals surface area contributed by atoms with E-state index in [1.807, 2.05) is 18.2 Å². The Kier molecular flexibility index (Phi) is 7.33. The summed E-state index contributed by atoms with van der Waals surface area (Å²) >= 11 is 0. The SMILES string of the molecule is CCCCCOc1ccc(C(=O)N(C)c2ccc(OC)c(OC)c2)cc1. The summed E-state index contributed by atoms with van der Waals surface area (Å²) in [6.45, 7) is 2.86. The maximum atomic E-state index is 12.7. The lowest BCUT2D eigenvalue weighted by molar-refractivity contribution is 0.0993. The highest BCUT2D eigenvalue weighted by atomic mass is 16.5. The number of nitrogens with zero attached hydrogens (tertiary/aromatic N) is 1. The minimum absolute atomic E-state index is 0.102. The molecular formula is C21H27NO4. The normalized spacial score (nSPS) is 10.3. The molecule has 0 spiro atoms. The van der Waals surface area contributed by atoms with E-state index in [1.165, 1.54) is 6.42 Å². The minimum atomic E-state index is -0.102. The van der Waals surface area contributed by atoms with Gasteiger partial charge in [0.15, 0.2) is 11.5 Å². The number of hydrogen-bond acceptors (Lipinski definition) is 4. The molecule has 2 rings (SSSR count). The number of benzene rings is 2. The van der Waals surface area contributed by atoms with Gasteiger partial charge in [-0.3, -0.25) is 4.79 Å². The molecule has 0 radical (unpaired) electrons. The molecule has 0 aliphatic carbocycles. The van der Waals surface area contributed by atoms with Gasteiger partial charge in [-0.15, -0.1) is 0 Å². The Morgan fingerprint density at radius 2 is 1.65 bits per heavy atom. The zero-order valence-corrected chi connectivity index (χ0v) is 16.0. The van der Waals surface area contributed by atoms with Crippen molar-refractivity contribution in [2.75, 3.05) is 32.8 Å². The molecule has 26 heavy (non-hydrogen) atoms. The predicted molar refractivity (Wildman–Crippen MR) is 104 cm³/mol. The summed E-state index contributed by atoms with van der Waals surface area (Å²) in [7, 11) is 4.89. The average Bonchev–Trinajstić information content (AvgIpc) is 2.70. The van der Waals surface area contributed by atoms with Crippen molar-refractivity contribution >= 4 is 11.6 Å². The van der Waals surface area contributed by atoms with Crippen molar-refractivity contribution in [2.45, 2.75) is 26.2 Å². The number of unbranched alkanes of at least 4 members (excludes halogenated alkanes) is 2. The highest BCUT2D eigenvalue weighted by molar-refractivity contribution is 6.05. The van der Waals surface area contributed by atoms with Crippen LogP contribution >= 0.6 is 0 Å². The van der Waals surface area contributed by atoms with Gasteiger partial charge in [0.2, 0.25) is 0 Å². The highest BCUT2D eigenvalue weighted by Crippen LogP contribution is 2.31. The van der Waals surface area contributed by atoms with Gasteiger partial charge in [-0.25, -0.2) is 0 Å². The number of amides is 1. The Morgan fingerprint density at radius 1 is 0.962 bits per heavy atom. The Balaban J connectivity index is 2.05. The second-order valence-corrected chi connectivity index (χ2v) is 5.98. The van der Waals surface area contributed by atoms with Crippen LogP contribution in [0.1, 0.15) is 36.5 Å². The van der Waals surface area contributed by atoms with Gasteiger partial charge in [0.25, 0.3) is 5.91 Å². The van der Waals surface area contributed by atoms with E-state index in [2.05, 4.69) is 6.92 Å². The van der Waals surface area contributed by atoms with Gasteiger partial charge < -0.3 is 19.1 Å². The van der Waals surface area contributed by atoms with E-state index in [0.717, 1.165) is 24.3 Å². The molecule has 0 aliphatic rings. The van der Waals surface area contributed by atoms with Crippen molar-refractivity contribution in [1.29, 1.82) is 0 Å². The summed E-state index contributed by atoms with van der Waals surface area (Å²) in [4.78, 5) is 14.3.